The first-order valence-electron chi connectivity index (χ1n) is 5.82. The maximum Gasteiger partial charge on any atom is 0.129 e. The summed E-state index contributed by atoms with van der Waals surface area (Å²) in [7, 11) is 0. The fourth-order valence-corrected chi connectivity index (χ4v) is 1.69. The van der Waals surface area contributed by atoms with E-state index in [9.17, 15) is 0 Å². The van der Waals surface area contributed by atoms with Crippen LogP contribution in [-0.4, -0.2) is 16.5 Å². The number of rotatable bonds is 4. The van der Waals surface area contributed by atoms with Crippen LogP contribution in [0.1, 0.15) is 16.7 Å². The summed E-state index contributed by atoms with van der Waals surface area (Å²) in [5.41, 5.74) is 4.05. The van der Waals surface area contributed by atoms with Gasteiger partial charge in [0, 0.05) is 12.7 Å². The molecule has 0 spiro atoms. The van der Waals surface area contributed by atoms with Gasteiger partial charge in [-0.3, -0.25) is 0 Å². The van der Waals surface area contributed by atoms with E-state index in [1.165, 1.54) is 16.7 Å². The number of hydrogen-bond acceptors (Lipinski definition) is 3. The van der Waals surface area contributed by atoms with E-state index in [4.69, 9.17) is 0 Å². The smallest absolute Gasteiger partial charge is 0.129 e. The molecule has 0 saturated heterocycles. The van der Waals surface area contributed by atoms with Gasteiger partial charge in [-0.25, -0.2) is 9.97 Å². The largest absolute Gasteiger partial charge is 0.370 e. The van der Waals surface area contributed by atoms with Gasteiger partial charge in [-0.15, -0.1) is 0 Å². The minimum atomic E-state index is 0.879. The molecule has 1 aromatic carbocycles. The highest BCUT2D eigenvalue weighted by atomic mass is 15.0. The Morgan fingerprint density at radius 1 is 1.12 bits per heavy atom. The molecular formula is C14H17N3. The van der Waals surface area contributed by atoms with Crippen molar-refractivity contribution in [2.24, 2.45) is 0 Å². The van der Waals surface area contributed by atoms with Gasteiger partial charge in [-0.05, 0) is 43.0 Å². The summed E-state index contributed by atoms with van der Waals surface area (Å²) in [4.78, 5) is 8.00. The zero-order valence-electron chi connectivity index (χ0n) is 10.3. The zero-order chi connectivity index (χ0) is 12.1. The monoisotopic (exact) mass is 227 g/mol. The quantitative estimate of drug-likeness (QED) is 0.872. The summed E-state index contributed by atoms with van der Waals surface area (Å²) in [6.45, 7) is 5.18. The average molecular weight is 227 g/mol. The molecular weight excluding hydrogens is 210 g/mol. The van der Waals surface area contributed by atoms with Crippen molar-refractivity contribution in [3.63, 3.8) is 0 Å². The molecule has 1 aromatic heterocycles. The number of benzene rings is 1. The van der Waals surface area contributed by atoms with Crippen LogP contribution in [0.4, 0.5) is 5.82 Å². The van der Waals surface area contributed by atoms with Gasteiger partial charge in [0.15, 0.2) is 0 Å². The van der Waals surface area contributed by atoms with Crippen LogP contribution in [0.25, 0.3) is 0 Å². The number of aryl methyl sites for hydroxylation is 2. The summed E-state index contributed by atoms with van der Waals surface area (Å²) in [6.07, 6.45) is 4.30. The second-order valence-electron chi connectivity index (χ2n) is 4.19. The van der Waals surface area contributed by atoms with Gasteiger partial charge in [0.1, 0.15) is 12.1 Å². The van der Waals surface area contributed by atoms with E-state index >= 15 is 0 Å². The lowest BCUT2D eigenvalue weighted by Gasteiger charge is -2.07. The van der Waals surface area contributed by atoms with Gasteiger partial charge in [0.2, 0.25) is 0 Å². The lowest BCUT2D eigenvalue weighted by Crippen LogP contribution is -2.06. The molecule has 0 atom stereocenters. The van der Waals surface area contributed by atoms with E-state index in [0.29, 0.717) is 0 Å². The highest BCUT2D eigenvalue weighted by Gasteiger charge is 1.97. The summed E-state index contributed by atoms with van der Waals surface area (Å²) >= 11 is 0. The standard InChI is InChI=1S/C14H17N3/c1-11-3-4-13(9-12(11)2)5-8-16-14-6-7-15-10-17-14/h3-4,6-7,9-10H,5,8H2,1-2H3,(H,15,16,17). The summed E-state index contributed by atoms with van der Waals surface area (Å²) in [5, 5.41) is 3.28. The molecule has 3 nitrogen and oxygen atoms in total. The number of nitrogens with one attached hydrogen (secondary N) is 1. The molecule has 0 aliphatic heterocycles. The number of hydrogen-bond donors (Lipinski definition) is 1. The molecule has 0 aliphatic carbocycles. The molecule has 0 saturated carbocycles. The van der Waals surface area contributed by atoms with E-state index in [1.54, 1.807) is 12.5 Å². The van der Waals surface area contributed by atoms with Gasteiger partial charge >= 0.3 is 0 Å². The molecule has 17 heavy (non-hydrogen) atoms. The van der Waals surface area contributed by atoms with Gasteiger partial charge in [-0.2, -0.15) is 0 Å². The average Bonchev–Trinajstić information content (AvgIpc) is 2.35. The predicted octanol–water partition coefficient (Wildman–Crippen LogP) is 2.75. The Labute approximate surface area is 102 Å². The third-order valence-electron chi connectivity index (χ3n) is 2.87. The Morgan fingerprint density at radius 3 is 2.71 bits per heavy atom. The Balaban J connectivity index is 1.88. The van der Waals surface area contributed by atoms with Crippen LogP contribution < -0.4 is 5.32 Å². The molecule has 88 valence electrons. The van der Waals surface area contributed by atoms with Crippen LogP contribution >= 0.6 is 0 Å². The van der Waals surface area contributed by atoms with Crippen LogP contribution in [0.2, 0.25) is 0 Å². The Hall–Kier alpha value is -1.90. The van der Waals surface area contributed by atoms with Gasteiger partial charge in [0.05, 0.1) is 0 Å². The fraction of sp³-hybridized carbons (Fsp3) is 0.286. The molecule has 1 N–H and O–H groups in total. The van der Waals surface area contributed by atoms with E-state index in [2.05, 4.69) is 47.3 Å². The zero-order valence-corrected chi connectivity index (χ0v) is 10.3. The van der Waals surface area contributed by atoms with Crippen molar-refractivity contribution in [2.45, 2.75) is 20.3 Å². The first kappa shape index (κ1) is 11.6. The van der Waals surface area contributed by atoms with E-state index in [-0.39, 0.29) is 0 Å². The maximum atomic E-state index is 4.12. The van der Waals surface area contributed by atoms with E-state index in [1.807, 2.05) is 6.07 Å². The Morgan fingerprint density at radius 2 is 2.00 bits per heavy atom. The minimum Gasteiger partial charge on any atom is -0.370 e. The lowest BCUT2D eigenvalue weighted by molar-refractivity contribution is 0.995. The van der Waals surface area contributed by atoms with Crippen LogP contribution in [-0.2, 0) is 6.42 Å². The van der Waals surface area contributed by atoms with Gasteiger partial charge in [-0.1, -0.05) is 18.2 Å². The van der Waals surface area contributed by atoms with Gasteiger partial charge < -0.3 is 5.32 Å². The minimum absolute atomic E-state index is 0.879. The topological polar surface area (TPSA) is 37.8 Å². The molecule has 3 heteroatoms. The molecule has 1 heterocycles. The normalized spacial score (nSPS) is 10.2. The first-order valence-corrected chi connectivity index (χ1v) is 5.82. The molecule has 0 amide bonds. The molecule has 0 aliphatic rings. The molecule has 0 radical (unpaired) electrons. The summed E-state index contributed by atoms with van der Waals surface area (Å²) in [5.74, 6) is 0.879. The number of aromatic nitrogens is 2. The van der Waals surface area contributed by atoms with E-state index < -0.39 is 0 Å². The summed E-state index contributed by atoms with van der Waals surface area (Å²) in [6, 6.07) is 8.48. The summed E-state index contributed by atoms with van der Waals surface area (Å²) < 4.78 is 0. The predicted molar refractivity (Wildman–Crippen MR) is 70.1 cm³/mol. The van der Waals surface area contributed by atoms with Crippen molar-refractivity contribution < 1.29 is 0 Å². The highest BCUT2D eigenvalue weighted by molar-refractivity contribution is 5.33. The van der Waals surface area contributed by atoms with Crippen LogP contribution in [0.15, 0.2) is 36.8 Å². The fourth-order valence-electron chi connectivity index (χ4n) is 1.69. The SMILES string of the molecule is Cc1ccc(CCNc2ccncn2)cc1C. The Kier molecular flexibility index (Phi) is 3.70. The number of nitrogens with zero attached hydrogens (tertiary/aromatic N) is 2. The molecule has 0 unspecified atom stereocenters. The molecule has 0 fully saturated rings. The van der Waals surface area contributed by atoms with Crippen LogP contribution in [0.3, 0.4) is 0 Å². The van der Waals surface area contributed by atoms with Crippen LogP contribution in [0.5, 0.6) is 0 Å². The molecule has 0 bridgehead atoms. The van der Waals surface area contributed by atoms with Crippen molar-refractivity contribution in [1.29, 1.82) is 0 Å². The van der Waals surface area contributed by atoms with Crippen molar-refractivity contribution >= 4 is 5.82 Å². The first-order chi connectivity index (χ1) is 8.25. The maximum absolute atomic E-state index is 4.12. The van der Waals surface area contributed by atoms with Gasteiger partial charge in [0.25, 0.3) is 0 Å². The third kappa shape index (κ3) is 3.28. The second kappa shape index (κ2) is 5.43. The van der Waals surface area contributed by atoms with Crippen molar-refractivity contribution in [3.8, 4) is 0 Å². The lowest BCUT2D eigenvalue weighted by atomic mass is 10.0. The van der Waals surface area contributed by atoms with Crippen molar-refractivity contribution in [2.75, 3.05) is 11.9 Å². The Bertz CT molecular complexity index is 480. The molecule has 2 rings (SSSR count). The highest BCUT2D eigenvalue weighted by Crippen LogP contribution is 2.10. The number of anilines is 1. The molecule has 2 aromatic rings. The van der Waals surface area contributed by atoms with E-state index in [0.717, 1.165) is 18.8 Å². The third-order valence-corrected chi connectivity index (χ3v) is 2.87. The van der Waals surface area contributed by atoms with Crippen molar-refractivity contribution in [1.82, 2.24) is 9.97 Å². The van der Waals surface area contributed by atoms with Crippen molar-refractivity contribution in [3.05, 3.63) is 53.5 Å². The van der Waals surface area contributed by atoms with Crippen LogP contribution in [0, 0.1) is 13.8 Å². The second-order valence-corrected chi connectivity index (χ2v) is 4.19.